The molecule has 1 saturated carbocycles. The average Bonchev–Trinajstić information content (AvgIpc) is 3.40. The van der Waals surface area contributed by atoms with Crippen LogP contribution in [0, 0.1) is 11.7 Å². The lowest BCUT2D eigenvalue weighted by atomic mass is 10.1. The Morgan fingerprint density at radius 2 is 1.85 bits per heavy atom. The molecule has 2 unspecified atom stereocenters. The van der Waals surface area contributed by atoms with Crippen molar-refractivity contribution < 1.29 is 13.9 Å². The first-order chi connectivity index (χ1) is 13.2. The number of fused-ring (bicyclic) bond motifs is 3. The van der Waals surface area contributed by atoms with Crippen LogP contribution in [0.4, 0.5) is 10.1 Å². The zero-order chi connectivity index (χ0) is 18.4. The second kappa shape index (κ2) is 6.64. The number of hydrogen-bond donors (Lipinski definition) is 0. The van der Waals surface area contributed by atoms with Crippen molar-refractivity contribution in [1.29, 1.82) is 0 Å². The number of benzene rings is 2. The molecular formula is C22H23FN2O2. The highest BCUT2D eigenvalue weighted by Crippen LogP contribution is 2.39. The monoisotopic (exact) mass is 366 g/mol. The molecule has 5 heteroatoms. The second-order valence-corrected chi connectivity index (χ2v) is 7.91. The fourth-order valence-corrected chi connectivity index (χ4v) is 4.21. The van der Waals surface area contributed by atoms with Crippen molar-refractivity contribution in [3.05, 3.63) is 59.9 Å². The second-order valence-electron chi connectivity index (χ2n) is 7.91. The predicted molar refractivity (Wildman–Crippen MR) is 101 cm³/mol. The Bertz CT molecular complexity index is 850. The van der Waals surface area contributed by atoms with Crippen LogP contribution in [0.15, 0.2) is 48.5 Å². The van der Waals surface area contributed by atoms with E-state index in [1.807, 2.05) is 29.2 Å². The molecule has 1 amide bonds. The average molecular weight is 366 g/mol. The van der Waals surface area contributed by atoms with Crippen LogP contribution in [0.5, 0.6) is 5.75 Å². The molecule has 5 rings (SSSR count). The lowest BCUT2D eigenvalue weighted by molar-refractivity contribution is -0.123. The zero-order valence-corrected chi connectivity index (χ0v) is 15.2. The minimum absolute atomic E-state index is 0.00335. The Labute approximate surface area is 158 Å². The maximum atomic E-state index is 13.5. The first-order valence-electron chi connectivity index (χ1n) is 9.73. The fraction of sp³-hybridized carbons (Fsp3) is 0.409. The van der Waals surface area contributed by atoms with Crippen molar-refractivity contribution in [2.75, 3.05) is 18.0 Å². The fourth-order valence-electron chi connectivity index (χ4n) is 4.21. The van der Waals surface area contributed by atoms with Crippen molar-refractivity contribution in [3.8, 4) is 5.75 Å². The first-order valence-corrected chi connectivity index (χ1v) is 9.73. The van der Waals surface area contributed by atoms with Crippen LogP contribution in [-0.2, 0) is 11.3 Å². The number of carbonyl (C=O) groups excluding carboxylic acids is 1. The summed E-state index contributed by atoms with van der Waals surface area (Å²) in [6.07, 6.45) is 3.09. The Hall–Kier alpha value is -2.40. The Morgan fingerprint density at radius 1 is 1.07 bits per heavy atom. The Kier molecular flexibility index (Phi) is 4.12. The molecule has 3 aliphatic rings. The predicted octanol–water partition coefficient (Wildman–Crippen LogP) is 3.60. The van der Waals surface area contributed by atoms with E-state index in [1.165, 1.54) is 25.0 Å². The van der Waals surface area contributed by atoms with E-state index in [0.29, 0.717) is 25.4 Å². The molecule has 0 aromatic heterocycles. The molecule has 1 saturated heterocycles. The molecular weight excluding hydrogens is 343 g/mol. The highest BCUT2D eigenvalue weighted by Gasteiger charge is 2.43. The van der Waals surface area contributed by atoms with Gasteiger partial charge in [0, 0.05) is 26.1 Å². The van der Waals surface area contributed by atoms with Crippen LogP contribution >= 0.6 is 0 Å². The number of carbonyl (C=O) groups is 1. The van der Waals surface area contributed by atoms with E-state index in [2.05, 4.69) is 4.90 Å². The molecule has 140 valence electrons. The molecule has 2 aromatic rings. The van der Waals surface area contributed by atoms with Crippen LogP contribution in [0.2, 0.25) is 0 Å². The van der Waals surface area contributed by atoms with E-state index in [0.717, 1.165) is 23.5 Å². The number of para-hydroxylation sites is 2. The molecule has 1 aliphatic carbocycles. The molecule has 2 aliphatic heterocycles. The molecule has 4 nitrogen and oxygen atoms in total. The van der Waals surface area contributed by atoms with Gasteiger partial charge in [-0.1, -0.05) is 24.3 Å². The molecule has 2 heterocycles. The van der Waals surface area contributed by atoms with Crippen molar-refractivity contribution in [3.63, 3.8) is 0 Å². The molecule has 2 bridgehead atoms. The minimum atomic E-state index is -0.238. The summed E-state index contributed by atoms with van der Waals surface area (Å²) >= 11 is 0. The zero-order valence-electron chi connectivity index (χ0n) is 15.2. The normalized spacial score (nSPS) is 24.9. The number of hydrogen-bond acceptors (Lipinski definition) is 3. The Balaban J connectivity index is 1.45. The maximum absolute atomic E-state index is 13.5. The molecule has 27 heavy (non-hydrogen) atoms. The van der Waals surface area contributed by atoms with Gasteiger partial charge in [0.25, 0.3) is 0 Å². The van der Waals surface area contributed by atoms with E-state index < -0.39 is 0 Å². The van der Waals surface area contributed by atoms with Gasteiger partial charge < -0.3 is 9.64 Å². The summed E-state index contributed by atoms with van der Waals surface area (Å²) in [5, 5.41) is 0. The molecule has 2 fully saturated rings. The maximum Gasteiger partial charge on any atom is 0.244 e. The third-order valence-electron chi connectivity index (χ3n) is 5.80. The van der Waals surface area contributed by atoms with Crippen LogP contribution in [0.3, 0.4) is 0 Å². The summed E-state index contributed by atoms with van der Waals surface area (Å²) < 4.78 is 19.5. The summed E-state index contributed by atoms with van der Waals surface area (Å²) in [6.45, 7) is 2.11. The van der Waals surface area contributed by atoms with Gasteiger partial charge in [0.05, 0.1) is 11.7 Å². The van der Waals surface area contributed by atoms with Gasteiger partial charge in [-0.25, -0.2) is 4.39 Å². The minimum Gasteiger partial charge on any atom is -0.487 e. The summed E-state index contributed by atoms with van der Waals surface area (Å²) in [7, 11) is 0. The number of halogens is 1. The standard InChI is InChI=1S/C22H23FN2O2/c23-17-9-7-15(8-10-17)12-24-14-18-11-20(24)22(26)25(13-16-5-6-16)19-3-1-2-4-21(19)27-18/h1-4,7-10,16,18,20H,5-6,11-14H2. The van der Waals surface area contributed by atoms with Crippen LogP contribution in [0.25, 0.3) is 0 Å². The highest BCUT2D eigenvalue weighted by atomic mass is 19.1. The van der Waals surface area contributed by atoms with Gasteiger partial charge >= 0.3 is 0 Å². The van der Waals surface area contributed by atoms with Crippen LogP contribution in [0.1, 0.15) is 24.8 Å². The number of ether oxygens (including phenoxy) is 1. The lowest BCUT2D eigenvalue weighted by Gasteiger charge is -2.32. The molecule has 0 radical (unpaired) electrons. The first kappa shape index (κ1) is 16.8. The van der Waals surface area contributed by atoms with Gasteiger partial charge in [-0.3, -0.25) is 9.69 Å². The van der Waals surface area contributed by atoms with Crippen LogP contribution in [-0.4, -0.2) is 36.0 Å². The van der Waals surface area contributed by atoms with E-state index in [9.17, 15) is 9.18 Å². The third kappa shape index (κ3) is 3.32. The summed E-state index contributed by atoms with van der Waals surface area (Å²) in [6, 6.07) is 14.2. The summed E-state index contributed by atoms with van der Waals surface area (Å²) in [5.41, 5.74) is 1.91. The summed E-state index contributed by atoms with van der Waals surface area (Å²) in [4.78, 5) is 17.6. The smallest absolute Gasteiger partial charge is 0.244 e. The van der Waals surface area contributed by atoms with Crippen molar-refractivity contribution in [2.24, 2.45) is 5.92 Å². The van der Waals surface area contributed by atoms with Crippen LogP contribution < -0.4 is 9.64 Å². The molecule has 0 N–H and O–H groups in total. The van der Waals surface area contributed by atoms with Gasteiger partial charge in [0.15, 0.2) is 0 Å². The van der Waals surface area contributed by atoms with Crippen molar-refractivity contribution in [1.82, 2.24) is 4.90 Å². The number of anilines is 1. The van der Waals surface area contributed by atoms with Crippen molar-refractivity contribution >= 4 is 11.6 Å². The van der Waals surface area contributed by atoms with E-state index in [1.54, 1.807) is 12.1 Å². The molecule has 0 spiro atoms. The lowest BCUT2D eigenvalue weighted by Crippen LogP contribution is -2.46. The van der Waals surface area contributed by atoms with Gasteiger partial charge in [0.1, 0.15) is 17.7 Å². The molecule has 2 atom stereocenters. The molecule has 2 aromatic carbocycles. The number of rotatable bonds is 4. The van der Waals surface area contributed by atoms with E-state index >= 15 is 0 Å². The summed E-state index contributed by atoms with van der Waals surface area (Å²) in [5.74, 6) is 1.34. The third-order valence-corrected chi connectivity index (χ3v) is 5.80. The van der Waals surface area contributed by atoms with Gasteiger partial charge in [0.2, 0.25) is 5.91 Å². The van der Waals surface area contributed by atoms with Gasteiger partial charge in [-0.15, -0.1) is 0 Å². The van der Waals surface area contributed by atoms with E-state index in [-0.39, 0.29) is 23.9 Å². The SMILES string of the molecule is O=C1C2CC(CN2Cc2ccc(F)cc2)Oc2ccccc2N1CC1CC1. The quantitative estimate of drug-likeness (QED) is 0.829. The Morgan fingerprint density at radius 3 is 2.63 bits per heavy atom. The van der Waals surface area contributed by atoms with Gasteiger partial charge in [-0.05, 0) is 48.6 Å². The highest BCUT2D eigenvalue weighted by molar-refractivity contribution is 5.99. The topological polar surface area (TPSA) is 32.8 Å². The number of likely N-dealkylation sites (tertiary alicyclic amines) is 1. The van der Waals surface area contributed by atoms with Crippen molar-refractivity contribution in [2.45, 2.75) is 38.0 Å². The van der Waals surface area contributed by atoms with Gasteiger partial charge in [-0.2, -0.15) is 0 Å². The largest absolute Gasteiger partial charge is 0.487 e. The number of amides is 1. The number of nitrogens with zero attached hydrogens (tertiary/aromatic N) is 2. The van der Waals surface area contributed by atoms with E-state index in [4.69, 9.17) is 4.74 Å².